The Morgan fingerprint density at radius 3 is 2.49 bits per heavy atom. The molecule has 1 fully saturated rings. The van der Waals surface area contributed by atoms with Gasteiger partial charge in [0.1, 0.15) is 23.3 Å². The molecule has 0 bridgehead atoms. The number of ether oxygens (including phenoxy) is 2. The van der Waals surface area contributed by atoms with Gasteiger partial charge in [0.25, 0.3) is 5.24 Å². The van der Waals surface area contributed by atoms with Crippen molar-refractivity contribution in [1.82, 2.24) is 5.32 Å². The number of unbranched alkanes of at least 4 members (excludes halogenated alkanes) is 2. The Morgan fingerprint density at radius 1 is 0.857 bits per heavy atom. The number of carbonyl (C=O) groups excluding carboxylic acids is 2. The SMILES string of the molecule is CCCc1cc(Oc2ccccc2)ccc1OCCCCCc1cccc(C2NC(=O)SC2=O)c1. The van der Waals surface area contributed by atoms with Crippen LogP contribution in [-0.2, 0) is 17.6 Å². The Labute approximate surface area is 211 Å². The summed E-state index contributed by atoms with van der Waals surface area (Å²) in [5.41, 5.74) is 3.21. The van der Waals surface area contributed by atoms with Crippen LogP contribution in [0.1, 0.15) is 55.3 Å². The molecule has 1 heterocycles. The minimum Gasteiger partial charge on any atom is -0.493 e. The van der Waals surface area contributed by atoms with Gasteiger partial charge in [0.2, 0.25) is 5.12 Å². The normalized spacial score (nSPS) is 15.2. The minimum atomic E-state index is -0.525. The summed E-state index contributed by atoms with van der Waals surface area (Å²) in [6, 6.07) is 23.3. The number of amides is 1. The van der Waals surface area contributed by atoms with Crippen LogP contribution in [0, 0.1) is 0 Å². The molecule has 1 amide bonds. The minimum absolute atomic E-state index is 0.133. The molecule has 1 saturated heterocycles. The van der Waals surface area contributed by atoms with Crippen LogP contribution >= 0.6 is 11.8 Å². The number of hydrogen-bond acceptors (Lipinski definition) is 5. The number of benzene rings is 3. The Kier molecular flexibility index (Phi) is 8.85. The molecule has 1 atom stereocenters. The highest BCUT2D eigenvalue weighted by atomic mass is 32.2. The quantitative estimate of drug-likeness (QED) is 0.272. The first-order chi connectivity index (χ1) is 17.1. The summed E-state index contributed by atoms with van der Waals surface area (Å²) < 4.78 is 12.1. The molecule has 6 heteroatoms. The lowest BCUT2D eigenvalue weighted by molar-refractivity contribution is -0.112. The van der Waals surface area contributed by atoms with E-state index in [1.165, 1.54) is 11.1 Å². The van der Waals surface area contributed by atoms with Gasteiger partial charge in [0.05, 0.1) is 6.61 Å². The number of thioether (sulfide) groups is 1. The third-order valence-electron chi connectivity index (χ3n) is 5.87. The molecule has 1 aliphatic heterocycles. The largest absolute Gasteiger partial charge is 0.493 e. The van der Waals surface area contributed by atoms with Gasteiger partial charge in [-0.1, -0.05) is 55.8 Å². The molecule has 4 rings (SSSR count). The molecule has 35 heavy (non-hydrogen) atoms. The van der Waals surface area contributed by atoms with Crippen molar-refractivity contribution in [1.29, 1.82) is 0 Å². The predicted molar refractivity (Wildman–Crippen MR) is 140 cm³/mol. The zero-order valence-corrected chi connectivity index (χ0v) is 20.8. The maximum absolute atomic E-state index is 12.0. The predicted octanol–water partition coefficient (Wildman–Crippen LogP) is 7.25. The van der Waals surface area contributed by atoms with E-state index in [1.54, 1.807) is 0 Å². The smallest absolute Gasteiger partial charge is 0.287 e. The van der Waals surface area contributed by atoms with E-state index in [2.05, 4.69) is 24.4 Å². The van der Waals surface area contributed by atoms with Crippen LogP contribution in [0.25, 0.3) is 0 Å². The van der Waals surface area contributed by atoms with E-state index in [1.807, 2.05) is 60.7 Å². The first-order valence-electron chi connectivity index (χ1n) is 12.2. The third-order valence-corrected chi connectivity index (χ3v) is 6.61. The van der Waals surface area contributed by atoms with Crippen molar-refractivity contribution < 1.29 is 19.1 Å². The molecule has 1 N–H and O–H groups in total. The van der Waals surface area contributed by atoms with Crippen LogP contribution in [0.5, 0.6) is 17.2 Å². The molecule has 1 unspecified atom stereocenters. The summed E-state index contributed by atoms with van der Waals surface area (Å²) in [7, 11) is 0. The highest BCUT2D eigenvalue weighted by molar-refractivity contribution is 8.26. The van der Waals surface area contributed by atoms with Gasteiger partial charge in [0, 0.05) is 11.8 Å². The second-order valence-corrected chi connectivity index (χ2v) is 9.60. The number of carbonyl (C=O) groups is 2. The summed E-state index contributed by atoms with van der Waals surface area (Å²) in [6.07, 6.45) is 5.98. The average Bonchev–Trinajstić information content (AvgIpc) is 3.21. The Bertz CT molecular complexity index is 1150. The number of rotatable bonds is 12. The summed E-state index contributed by atoms with van der Waals surface area (Å²) >= 11 is 0.749. The van der Waals surface area contributed by atoms with E-state index in [0.29, 0.717) is 6.61 Å². The molecular weight excluding hydrogens is 458 g/mol. The van der Waals surface area contributed by atoms with Crippen molar-refractivity contribution in [3.63, 3.8) is 0 Å². The molecule has 0 radical (unpaired) electrons. The second-order valence-electron chi connectivity index (χ2n) is 8.62. The average molecular weight is 490 g/mol. The molecule has 0 saturated carbocycles. The lowest BCUT2D eigenvalue weighted by Crippen LogP contribution is -2.20. The van der Waals surface area contributed by atoms with E-state index in [9.17, 15) is 9.59 Å². The number of hydrogen-bond donors (Lipinski definition) is 1. The Balaban J connectivity index is 1.23. The van der Waals surface area contributed by atoms with Gasteiger partial charge in [-0.3, -0.25) is 9.59 Å². The number of nitrogens with one attached hydrogen (secondary N) is 1. The Hall–Kier alpha value is -3.25. The number of para-hydroxylation sites is 1. The zero-order valence-electron chi connectivity index (χ0n) is 20.0. The van der Waals surface area contributed by atoms with Crippen LogP contribution in [0.2, 0.25) is 0 Å². The van der Waals surface area contributed by atoms with E-state index >= 15 is 0 Å². The molecule has 3 aromatic rings. The van der Waals surface area contributed by atoms with Crippen LogP contribution < -0.4 is 14.8 Å². The van der Waals surface area contributed by atoms with Crippen molar-refractivity contribution >= 4 is 22.1 Å². The van der Waals surface area contributed by atoms with Crippen LogP contribution in [0.4, 0.5) is 4.79 Å². The standard InChI is InChI=1S/C29H31NO4S/c1-2-10-22-20-25(34-24-14-6-3-7-15-24)16-17-26(22)33-18-8-4-5-11-21-12-9-13-23(19-21)27-28(31)35-29(32)30-27/h3,6-7,9,12-17,19-20,27H,2,4-5,8,10-11,18H2,1H3,(H,30,32). The van der Waals surface area contributed by atoms with E-state index in [-0.39, 0.29) is 10.4 Å². The topological polar surface area (TPSA) is 64.6 Å². The van der Waals surface area contributed by atoms with Crippen LogP contribution in [-0.4, -0.2) is 17.0 Å². The molecular formula is C29H31NO4S. The number of aryl methyl sites for hydroxylation is 2. The fourth-order valence-corrected chi connectivity index (χ4v) is 4.82. The summed E-state index contributed by atoms with van der Waals surface area (Å²) in [5.74, 6) is 2.58. The maximum Gasteiger partial charge on any atom is 0.287 e. The molecule has 3 aromatic carbocycles. The highest BCUT2D eigenvalue weighted by Crippen LogP contribution is 2.30. The molecule has 5 nitrogen and oxygen atoms in total. The summed E-state index contributed by atoms with van der Waals surface area (Å²) in [6.45, 7) is 2.84. The summed E-state index contributed by atoms with van der Waals surface area (Å²) in [5, 5.41) is 2.32. The fraction of sp³-hybridized carbons (Fsp3) is 0.310. The van der Waals surface area contributed by atoms with E-state index in [0.717, 1.165) is 73.1 Å². The zero-order chi connectivity index (χ0) is 24.5. The van der Waals surface area contributed by atoms with E-state index < -0.39 is 6.04 Å². The lowest BCUT2D eigenvalue weighted by atomic mass is 10.0. The van der Waals surface area contributed by atoms with Gasteiger partial charge in [0.15, 0.2) is 0 Å². The van der Waals surface area contributed by atoms with Gasteiger partial charge in [-0.15, -0.1) is 0 Å². The first-order valence-corrected chi connectivity index (χ1v) is 13.0. The van der Waals surface area contributed by atoms with Crippen molar-refractivity contribution in [2.45, 2.75) is 51.5 Å². The van der Waals surface area contributed by atoms with Crippen molar-refractivity contribution in [2.24, 2.45) is 0 Å². The second kappa shape index (κ2) is 12.5. The fourth-order valence-electron chi connectivity index (χ4n) is 4.14. The van der Waals surface area contributed by atoms with Crippen molar-refractivity contribution in [2.75, 3.05) is 6.61 Å². The molecule has 0 aliphatic carbocycles. The first kappa shape index (κ1) is 24.9. The lowest BCUT2D eigenvalue weighted by Gasteiger charge is -2.14. The van der Waals surface area contributed by atoms with Gasteiger partial charge >= 0.3 is 0 Å². The maximum atomic E-state index is 12.0. The Morgan fingerprint density at radius 2 is 1.71 bits per heavy atom. The molecule has 182 valence electrons. The third kappa shape index (κ3) is 7.12. The van der Waals surface area contributed by atoms with Crippen molar-refractivity contribution in [3.8, 4) is 17.2 Å². The highest BCUT2D eigenvalue weighted by Gasteiger charge is 2.32. The van der Waals surface area contributed by atoms with E-state index in [4.69, 9.17) is 9.47 Å². The van der Waals surface area contributed by atoms with Gasteiger partial charge in [-0.25, -0.2) is 0 Å². The molecule has 1 aliphatic rings. The molecule has 0 aromatic heterocycles. The van der Waals surface area contributed by atoms with Crippen LogP contribution in [0.15, 0.2) is 72.8 Å². The van der Waals surface area contributed by atoms with Gasteiger partial charge in [-0.2, -0.15) is 0 Å². The molecule has 0 spiro atoms. The van der Waals surface area contributed by atoms with Gasteiger partial charge < -0.3 is 14.8 Å². The van der Waals surface area contributed by atoms with Crippen molar-refractivity contribution in [3.05, 3.63) is 89.5 Å². The monoisotopic (exact) mass is 489 g/mol. The summed E-state index contributed by atoms with van der Waals surface area (Å²) in [4.78, 5) is 23.4. The van der Waals surface area contributed by atoms with Crippen LogP contribution in [0.3, 0.4) is 0 Å². The van der Waals surface area contributed by atoms with Gasteiger partial charge in [-0.05, 0) is 79.1 Å².